The summed E-state index contributed by atoms with van der Waals surface area (Å²) < 4.78 is 4.23. The molecular formula is C9H12O4. The third-order valence-corrected chi connectivity index (χ3v) is 1.41. The van der Waals surface area contributed by atoms with Crippen molar-refractivity contribution in [1.29, 1.82) is 0 Å². The Kier molecular flexibility index (Phi) is 4.69. The van der Waals surface area contributed by atoms with E-state index in [1.807, 2.05) is 0 Å². The zero-order chi connectivity index (χ0) is 10.4. The van der Waals surface area contributed by atoms with Crippen molar-refractivity contribution >= 4 is 11.9 Å². The van der Waals surface area contributed by atoms with Gasteiger partial charge in [0, 0.05) is 6.08 Å². The number of ether oxygens (including phenoxy) is 1. The highest BCUT2D eigenvalue weighted by molar-refractivity contribution is 5.99. The summed E-state index contributed by atoms with van der Waals surface area (Å²) in [5.41, 5.74) is -0.127. The summed E-state index contributed by atoms with van der Waals surface area (Å²) in [5, 5.41) is 9.14. The van der Waals surface area contributed by atoms with Crippen LogP contribution in [0.5, 0.6) is 0 Å². The molecule has 0 aliphatic rings. The minimum atomic E-state index is -0.967. The monoisotopic (exact) mass is 184 g/mol. The van der Waals surface area contributed by atoms with Crippen molar-refractivity contribution in [3.8, 4) is 0 Å². The predicted molar refractivity (Wildman–Crippen MR) is 46.7 cm³/mol. The van der Waals surface area contributed by atoms with Crippen LogP contribution < -0.4 is 0 Å². The first-order valence-corrected chi connectivity index (χ1v) is 3.78. The van der Waals surface area contributed by atoms with Crippen LogP contribution in [-0.4, -0.2) is 23.1 Å². The molecule has 1 atom stereocenters. The van der Waals surface area contributed by atoms with E-state index in [9.17, 15) is 9.59 Å². The average molecular weight is 184 g/mol. The minimum absolute atomic E-state index is 0.127. The van der Waals surface area contributed by atoms with Crippen molar-refractivity contribution in [3.05, 3.63) is 24.8 Å². The molecule has 4 heteroatoms. The second-order valence-corrected chi connectivity index (χ2v) is 2.36. The van der Waals surface area contributed by atoms with Gasteiger partial charge in [0.2, 0.25) is 0 Å². The molecule has 0 aromatic carbocycles. The van der Waals surface area contributed by atoms with Crippen LogP contribution >= 0.6 is 0 Å². The van der Waals surface area contributed by atoms with E-state index in [-0.39, 0.29) is 5.57 Å². The van der Waals surface area contributed by atoms with Gasteiger partial charge < -0.3 is 9.84 Å². The van der Waals surface area contributed by atoms with E-state index < -0.39 is 18.0 Å². The van der Waals surface area contributed by atoms with E-state index in [2.05, 4.69) is 17.9 Å². The molecule has 0 fully saturated rings. The molecule has 0 saturated carbocycles. The summed E-state index contributed by atoms with van der Waals surface area (Å²) >= 11 is 0. The number of rotatable bonds is 4. The molecule has 4 nitrogen and oxygen atoms in total. The van der Waals surface area contributed by atoms with Crippen LogP contribution in [-0.2, 0) is 14.3 Å². The van der Waals surface area contributed by atoms with Crippen molar-refractivity contribution in [2.24, 2.45) is 0 Å². The number of carbonyl (C=O) groups excluding carboxylic acids is 2. The quantitative estimate of drug-likeness (QED) is 0.394. The van der Waals surface area contributed by atoms with Gasteiger partial charge in [-0.25, -0.2) is 9.59 Å². The SMILES string of the molecule is C=CC(=O)OC(=O)C(=C)C(O)CC. The van der Waals surface area contributed by atoms with E-state index in [0.717, 1.165) is 6.08 Å². The molecule has 0 aromatic heterocycles. The average Bonchev–Trinajstić information content (AvgIpc) is 2.14. The maximum Gasteiger partial charge on any atom is 0.343 e. The van der Waals surface area contributed by atoms with Crippen molar-refractivity contribution < 1.29 is 19.4 Å². The molecule has 0 aromatic rings. The Bertz CT molecular complexity index is 242. The minimum Gasteiger partial charge on any atom is -0.388 e. The summed E-state index contributed by atoms with van der Waals surface area (Å²) in [7, 11) is 0. The van der Waals surface area contributed by atoms with Gasteiger partial charge in [0.05, 0.1) is 11.7 Å². The van der Waals surface area contributed by atoms with Crippen molar-refractivity contribution in [2.45, 2.75) is 19.4 Å². The fourth-order valence-electron chi connectivity index (χ4n) is 0.581. The highest BCUT2D eigenvalue weighted by atomic mass is 16.6. The zero-order valence-corrected chi connectivity index (χ0v) is 7.45. The molecule has 0 aliphatic heterocycles. The summed E-state index contributed by atoms with van der Waals surface area (Å²) in [6, 6.07) is 0. The van der Waals surface area contributed by atoms with E-state index in [1.54, 1.807) is 6.92 Å². The van der Waals surface area contributed by atoms with Gasteiger partial charge in [-0.3, -0.25) is 0 Å². The molecule has 0 aliphatic carbocycles. The molecule has 72 valence electrons. The Morgan fingerprint density at radius 3 is 2.54 bits per heavy atom. The topological polar surface area (TPSA) is 63.6 Å². The van der Waals surface area contributed by atoms with Crippen LogP contribution in [0.15, 0.2) is 24.8 Å². The first-order chi connectivity index (χ1) is 6.02. The molecule has 0 spiro atoms. The van der Waals surface area contributed by atoms with E-state index in [4.69, 9.17) is 5.11 Å². The maximum absolute atomic E-state index is 11.0. The van der Waals surface area contributed by atoms with Gasteiger partial charge in [0.25, 0.3) is 0 Å². The number of esters is 2. The fraction of sp³-hybridized carbons (Fsp3) is 0.333. The number of carbonyl (C=O) groups is 2. The van der Waals surface area contributed by atoms with Crippen molar-refractivity contribution in [1.82, 2.24) is 0 Å². The molecule has 0 heterocycles. The number of aliphatic hydroxyl groups is 1. The number of hydrogen-bond donors (Lipinski definition) is 1. The lowest BCUT2D eigenvalue weighted by atomic mass is 10.1. The van der Waals surface area contributed by atoms with E-state index >= 15 is 0 Å². The summed E-state index contributed by atoms with van der Waals surface area (Å²) in [6.07, 6.45) is 0.241. The van der Waals surface area contributed by atoms with Gasteiger partial charge in [-0.1, -0.05) is 20.1 Å². The zero-order valence-electron chi connectivity index (χ0n) is 7.45. The smallest absolute Gasteiger partial charge is 0.343 e. The highest BCUT2D eigenvalue weighted by Crippen LogP contribution is 2.05. The second kappa shape index (κ2) is 5.27. The normalized spacial score (nSPS) is 11.5. The second-order valence-electron chi connectivity index (χ2n) is 2.36. The molecule has 0 radical (unpaired) electrons. The standard InChI is InChI=1S/C9H12O4/c1-4-7(10)6(3)9(12)13-8(11)5-2/h5,7,10H,2-4H2,1H3. The third kappa shape index (κ3) is 3.66. The molecule has 0 saturated heterocycles. The van der Waals surface area contributed by atoms with Gasteiger partial charge in [-0.05, 0) is 6.42 Å². The van der Waals surface area contributed by atoms with Gasteiger partial charge >= 0.3 is 11.9 Å². The van der Waals surface area contributed by atoms with Crippen LogP contribution in [0.1, 0.15) is 13.3 Å². The van der Waals surface area contributed by atoms with Crippen LogP contribution in [0.4, 0.5) is 0 Å². The van der Waals surface area contributed by atoms with Gasteiger partial charge in [0.15, 0.2) is 0 Å². The lowest BCUT2D eigenvalue weighted by Crippen LogP contribution is -2.20. The molecule has 1 N–H and O–H groups in total. The van der Waals surface area contributed by atoms with Crippen molar-refractivity contribution in [2.75, 3.05) is 0 Å². The molecule has 0 bridgehead atoms. The fourth-order valence-corrected chi connectivity index (χ4v) is 0.581. The number of hydrogen-bond acceptors (Lipinski definition) is 4. The Morgan fingerprint density at radius 1 is 1.62 bits per heavy atom. The Hall–Kier alpha value is -1.42. The van der Waals surface area contributed by atoms with Crippen LogP contribution in [0, 0.1) is 0 Å². The maximum atomic E-state index is 11.0. The molecule has 1 unspecified atom stereocenters. The lowest BCUT2D eigenvalue weighted by molar-refractivity contribution is -0.153. The summed E-state index contributed by atoms with van der Waals surface area (Å²) in [6.45, 7) is 8.10. The first-order valence-electron chi connectivity index (χ1n) is 3.78. The highest BCUT2D eigenvalue weighted by Gasteiger charge is 2.17. The van der Waals surface area contributed by atoms with Crippen LogP contribution in [0.25, 0.3) is 0 Å². The third-order valence-electron chi connectivity index (χ3n) is 1.41. The van der Waals surface area contributed by atoms with Gasteiger partial charge in [-0.15, -0.1) is 0 Å². The Labute approximate surface area is 76.5 Å². The van der Waals surface area contributed by atoms with Crippen molar-refractivity contribution in [3.63, 3.8) is 0 Å². The summed E-state index contributed by atoms with van der Waals surface area (Å²) in [4.78, 5) is 21.5. The van der Waals surface area contributed by atoms with Crippen LogP contribution in [0.3, 0.4) is 0 Å². The lowest BCUT2D eigenvalue weighted by Gasteiger charge is -2.08. The Morgan fingerprint density at radius 2 is 2.15 bits per heavy atom. The molecular weight excluding hydrogens is 172 g/mol. The van der Waals surface area contributed by atoms with E-state index in [1.165, 1.54) is 0 Å². The Balaban J connectivity index is 4.19. The van der Waals surface area contributed by atoms with E-state index in [0.29, 0.717) is 6.42 Å². The van der Waals surface area contributed by atoms with Gasteiger partial charge in [0.1, 0.15) is 0 Å². The largest absolute Gasteiger partial charge is 0.388 e. The predicted octanol–water partition coefficient (Wildman–Crippen LogP) is 0.569. The molecule has 0 rings (SSSR count). The summed E-state index contributed by atoms with van der Waals surface area (Å²) in [5.74, 6) is -1.77. The van der Waals surface area contributed by atoms with Gasteiger partial charge in [-0.2, -0.15) is 0 Å². The first kappa shape index (κ1) is 11.6. The molecule has 0 amide bonds. The molecule has 13 heavy (non-hydrogen) atoms. The number of aliphatic hydroxyl groups excluding tert-OH is 1. The van der Waals surface area contributed by atoms with Crippen LogP contribution in [0.2, 0.25) is 0 Å².